The summed E-state index contributed by atoms with van der Waals surface area (Å²) in [7, 11) is -3.00. The third-order valence-electron chi connectivity index (χ3n) is 2.51. The number of hydrogen-bond donors (Lipinski definition) is 0. The lowest BCUT2D eigenvalue weighted by molar-refractivity contribution is 0.594. The Hall–Kier alpha value is -1.13. The first-order valence-electron chi connectivity index (χ1n) is 5.41. The molecule has 1 heterocycles. The van der Waals surface area contributed by atoms with E-state index in [1.54, 1.807) is 0 Å². The van der Waals surface area contributed by atoms with E-state index in [1.807, 2.05) is 47.2 Å². The molecule has 0 spiro atoms. The molecule has 0 bridgehead atoms. The Bertz CT molecular complexity index is 542. The number of benzene rings is 1. The van der Waals surface area contributed by atoms with Crippen molar-refractivity contribution in [1.29, 1.82) is 0 Å². The van der Waals surface area contributed by atoms with Crippen LogP contribution in [0.2, 0.25) is 0 Å². The summed E-state index contributed by atoms with van der Waals surface area (Å²) >= 11 is 1.53. The van der Waals surface area contributed by atoms with E-state index in [2.05, 4.69) is 0 Å². The van der Waals surface area contributed by atoms with Crippen LogP contribution in [0, 0.1) is 0 Å². The smallest absolute Gasteiger partial charge is 0.154 e. The van der Waals surface area contributed by atoms with E-state index in [9.17, 15) is 8.42 Å². The molecule has 90 valence electrons. The molecule has 2 nitrogen and oxygen atoms in total. The van der Waals surface area contributed by atoms with Gasteiger partial charge in [0.25, 0.3) is 0 Å². The van der Waals surface area contributed by atoms with Crippen LogP contribution in [0.4, 0.5) is 0 Å². The summed E-state index contributed by atoms with van der Waals surface area (Å²) in [5.41, 5.74) is 1.96. The van der Waals surface area contributed by atoms with Crippen molar-refractivity contribution in [3.63, 3.8) is 0 Å². The molecule has 0 saturated carbocycles. The molecule has 1 aromatic carbocycles. The highest BCUT2D eigenvalue weighted by Gasteiger charge is 2.12. The number of hydrogen-bond acceptors (Lipinski definition) is 3. The fourth-order valence-corrected chi connectivity index (χ4v) is 3.77. The van der Waals surface area contributed by atoms with Crippen LogP contribution in [0.1, 0.15) is 11.1 Å². The van der Waals surface area contributed by atoms with Gasteiger partial charge in [-0.05, 0) is 34.4 Å². The van der Waals surface area contributed by atoms with Crippen molar-refractivity contribution >= 4 is 21.2 Å². The highest BCUT2D eigenvalue weighted by atomic mass is 32.2. The van der Waals surface area contributed by atoms with Crippen LogP contribution in [-0.2, 0) is 22.0 Å². The Labute approximate surface area is 106 Å². The predicted octanol–water partition coefficient (Wildman–Crippen LogP) is 2.91. The van der Waals surface area contributed by atoms with Gasteiger partial charge in [-0.25, -0.2) is 8.42 Å². The van der Waals surface area contributed by atoms with Gasteiger partial charge in [0.2, 0.25) is 0 Å². The lowest BCUT2D eigenvalue weighted by atomic mass is 10.2. The van der Waals surface area contributed by atoms with Crippen molar-refractivity contribution < 1.29 is 8.42 Å². The zero-order chi connectivity index (χ0) is 12.1. The van der Waals surface area contributed by atoms with Crippen molar-refractivity contribution in [1.82, 2.24) is 0 Å². The fourth-order valence-electron chi connectivity index (χ4n) is 1.62. The molecule has 0 unspecified atom stereocenters. The summed E-state index contributed by atoms with van der Waals surface area (Å²) in [4.78, 5) is 0. The van der Waals surface area contributed by atoms with E-state index >= 15 is 0 Å². The molecule has 0 atom stereocenters. The number of rotatable bonds is 5. The average molecular weight is 266 g/mol. The zero-order valence-electron chi connectivity index (χ0n) is 9.37. The van der Waals surface area contributed by atoms with Crippen LogP contribution in [-0.4, -0.2) is 14.2 Å². The highest BCUT2D eigenvalue weighted by Crippen LogP contribution is 2.12. The minimum Gasteiger partial charge on any atom is -0.228 e. The third kappa shape index (κ3) is 3.98. The van der Waals surface area contributed by atoms with E-state index in [0.717, 1.165) is 11.1 Å². The van der Waals surface area contributed by atoms with Crippen LogP contribution in [0.3, 0.4) is 0 Å². The Kier molecular flexibility index (Phi) is 3.97. The maximum Gasteiger partial charge on any atom is 0.154 e. The third-order valence-corrected chi connectivity index (χ3v) is 4.84. The lowest BCUT2D eigenvalue weighted by Crippen LogP contribution is -2.11. The van der Waals surface area contributed by atoms with E-state index in [1.165, 1.54) is 11.3 Å². The molecule has 0 aliphatic rings. The molecule has 4 heteroatoms. The minimum absolute atomic E-state index is 0.156. The van der Waals surface area contributed by atoms with Gasteiger partial charge in [0.1, 0.15) is 0 Å². The second kappa shape index (κ2) is 5.47. The summed E-state index contributed by atoms with van der Waals surface area (Å²) in [6.45, 7) is 0. The summed E-state index contributed by atoms with van der Waals surface area (Å²) < 4.78 is 23.8. The first-order valence-corrected chi connectivity index (χ1v) is 8.17. The number of thiophene rings is 1. The first-order chi connectivity index (χ1) is 8.16. The molecule has 0 amide bonds. The normalized spacial score (nSPS) is 11.5. The second-order valence-corrected chi connectivity index (χ2v) is 6.92. The van der Waals surface area contributed by atoms with Gasteiger partial charge in [-0.1, -0.05) is 30.3 Å². The Morgan fingerprint density at radius 2 is 1.76 bits per heavy atom. The van der Waals surface area contributed by atoms with Gasteiger partial charge in [0.15, 0.2) is 9.84 Å². The van der Waals surface area contributed by atoms with Crippen molar-refractivity contribution in [2.75, 3.05) is 5.75 Å². The Morgan fingerprint density at radius 3 is 2.41 bits per heavy atom. The average Bonchev–Trinajstić information content (AvgIpc) is 2.80. The van der Waals surface area contributed by atoms with Gasteiger partial charge in [-0.2, -0.15) is 11.3 Å². The molecule has 2 aromatic rings. The molecular formula is C13H14O2S2. The van der Waals surface area contributed by atoms with Gasteiger partial charge < -0.3 is 0 Å². The topological polar surface area (TPSA) is 34.1 Å². The van der Waals surface area contributed by atoms with E-state index < -0.39 is 9.84 Å². The van der Waals surface area contributed by atoms with E-state index in [4.69, 9.17) is 0 Å². The van der Waals surface area contributed by atoms with Crippen molar-refractivity contribution in [2.24, 2.45) is 0 Å². The molecule has 0 N–H and O–H groups in total. The maximum absolute atomic E-state index is 11.9. The minimum atomic E-state index is -3.00. The number of aryl methyl sites for hydroxylation is 1. The second-order valence-electron chi connectivity index (χ2n) is 3.96. The molecule has 17 heavy (non-hydrogen) atoms. The first kappa shape index (κ1) is 12.3. The van der Waals surface area contributed by atoms with Crippen molar-refractivity contribution in [3.8, 4) is 0 Å². The van der Waals surface area contributed by atoms with Crippen LogP contribution in [0.25, 0.3) is 0 Å². The van der Waals surface area contributed by atoms with Gasteiger partial charge >= 0.3 is 0 Å². The standard InChI is InChI=1S/C13H14O2S2/c14-17(15,11-13-6-8-16-10-13)9-7-12-4-2-1-3-5-12/h1-6,8,10H,7,9,11H2. The van der Waals surface area contributed by atoms with E-state index in [-0.39, 0.29) is 11.5 Å². The highest BCUT2D eigenvalue weighted by molar-refractivity contribution is 7.90. The van der Waals surface area contributed by atoms with Gasteiger partial charge in [0, 0.05) is 0 Å². The summed E-state index contributed by atoms with van der Waals surface area (Å²) in [5, 5.41) is 3.79. The quantitative estimate of drug-likeness (QED) is 0.834. The fraction of sp³-hybridized carbons (Fsp3) is 0.231. The van der Waals surface area contributed by atoms with Crippen molar-refractivity contribution in [3.05, 3.63) is 58.3 Å². The molecular weight excluding hydrogens is 252 g/mol. The molecule has 0 aliphatic carbocycles. The summed E-state index contributed by atoms with van der Waals surface area (Å²) in [5.74, 6) is 0.371. The number of sulfone groups is 1. The summed E-state index contributed by atoms with van der Waals surface area (Å²) in [6.07, 6.45) is 0.591. The van der Waals surface area contributed by atoms with Crippen molar-refractivity contribution in [2.45, 2.75) is 12.2 Å². The van der Waals surface area contributed by atoms with Crippen LogP contribution < -0.4 is 0 Å². The van der Waals surface area contributed by atoms with Gasteiger partial charge in [0.05, 0.1) is 11.5 Å². The van der Waals surface area contributed by atoms with Gasteiger partial charge in [-0.3, -0.25) is 0 Å². The predicted molar refractivity (Wildman–Crippen MR) is 72.0 cm³/mol. The largest absolute Gasteiger partial charge is 0.228 e. The maximum atomic E-state index is 11.9. The van der Waals surface area contributed by atoms with E-state index in [0.29, 0.717) is 6.42 Å². The van der Waals surface area contributed by atoms with Gasteiger partial charge in [-0.15, -0.1) is 0 Å². The SMILES string of the molecule is O=S(=O)(CCc1ccccc1)Cc1ccsc1. The Balaban J connectivity index is 1.94. The lowest BCUT2D eigenvalue weighted by Gasteiger charge is -2.03. The molecule has 0 saturated heterocycles. The zero-order valence-corrected chi connectivity index (χ0v) is 11.0. The Morgan fingerprint density at radius 1 is 1.00 bits per heavy atom. The molecule has 0 radical (unpaired) electrons. The molecule has 1 aromatic heterocycles. The van der Waals surface area contributed by atoms with Crippen LogP contribution in [0.15, 0.2) is 47.2 Å². The molecule has 2 rings (SSSR count). The van der Waals surface area contributed by atoms with Crippen LogP contribution in [0.5, 0.6) is 0 Å². The monoisotopic (exact) mass is 266 g/mol. The van der Waals surface area contributed by atoms with Crippen LogP contribution >= 0.6 is 11.3 Å². The molecule has 0 aliphatic heterocycles. The molecule has 0 fully saturated rings. The summed E-state index contributed by atoms with van der Waals surface area (Å²) in [6, 6.07) is 11.6.